The molecule has 2 aromatic rings. The Kier molecular flexibility index (Phi) is 7.06. The van der Waals surface area contributed by atoms with Gasteiger partial charge in [0.25, 0.3) is 0 Å². The minimum atomic E-state index is -0.723. The van der Waals surface area contributed by atoms with Crippen LogP contribution in [0.5, 0.6) is 0 Å². The predicted molar refractivity (Wildman–Crippen MR) is 97.2 cm³/mol. The van der Waals surface area contributed by atoms with Gasteiger partial charge in [0.05, 0.1) is 5.54 Å². The highest BCUT2D eigenvalue weighted by molar-refractivity contribution is 5.98. The summed E-state index contributed by atoms with van der Waals surface area (Å²) >= 11 is 0. The first kappa shape index (κ1) is 19.5. The smallest absolute Gasteiger partial charge is 0.244 e. The molecular weight excluding hydrogens is 335 g/mol. The highest BCUT2D eigenvalue weighted by Crippen LogP contribution is 2.27. The third-order valence-electron chi connectivity index (χ3n) is 4.09. The van der Waals surface area contributed by atoms with Crippen LogP contribution >= 0.6 is 24.8 Å². The number of hydrogen-bond acceptors (Lipinski definition) is 3. The molecule has 3 rings (SSSR count). The van der Waals surface area contributed by atoms with E-state index in [1.165, 1.54) is 6.42 Å². The van der Waals surface area contributed by atoms with E-state index in [0.29, 0.717) is 0 Å². The number of halogens is 2. The van der Waals surface area contributed by atoms with Crippen molar-refractivity contribution in [2.24, 2.45) is 5.73 Å². The van der Waals surface area contributed by atoms with Crippen molar-refractivity contribution in [2.45, 2.75) is 37.6 Å². The lowest BCUT2D eigenvalue weighted by Crippen LogP contribution is -2.52. The molecule has 1 heterocycles. The molecule has 1 aromatic carbocycles. The number of anilines is 1. The molecule has 1 aromatic heterocycles. The summed E-state index contributed by atoms with van der Waals surface area (Å²) in [5.41, 5.74) is 7.22. The molecule has 1 fully saturated rings. The van der Waals surface area contributed by atoms with Crippen molar-refractivity contribution < 1.29 is 4.79 Å². The van der Waals surface area contributed by atoms with Gasteiger partial charge >= 0.3 is 0 Å². The summed E-state index contributed by atoms with van der Waals surface area (Å²) < 4.78 is 0. The van der Waals surface area contributed by atoms with Crippen LogP contribution in [-0.4, -0.2) is 21.4 Å². The largest absolute Gasteiger partial charge is 0.345 e. The van der Waals surface area contributed by atoms with E-state index in [2.05, 4.69) is 15.3 Å². The van der Waals surface area contributed by atoms with Gasteiger partial charge in [0.1, 0.15) is 5.82 Å². The number of benzene rings is 1. The fourth-order valence-corrected chi connectivity index (χ4v) is 2.83. The van der Waals surface area contributed by atoms with E-state index in [0.717, 1.165) is 42.8 Å². The Morgan fingerprint density at radius 3 is 2.61 bits per heavy atom. The van der Waals surface area contributed by atoms with E-state index < -0.39 is 5.54 Å². The number of nitrogens with one attached hydrogen (secondary N) is 2. The van der Waals surface area contributed by atoms with Gasteiger partial charge in [-0.25, -0.2) is 4.98 Å². The molecule has 126 valence electrons. The standard InChI is InChI=1S/C16H20N4O.2ClH/c17-16(7-2-1-3-8-16)15(21)20-13-6-4-5-12(11-13)14-18-9-10-19-14;;/h4-6,9-11H,1-3,7-8,17H2,(H,18,19)(H,20,21);2*1H. The Labute approximate surface area is 148 Å². The van der Waals surface area contributed by atoms with Crippen molar-refractivity contribution in [3.05, 3.63) is 36.7 Å². The van der Waals surface area contributed by atoms with Crippen molar-refractivity contribution in [1.29, 1.82) is 0 Å². The van der Waals surface area contributed by atoms with Gasteiger partial charge in [0, 0.05) is 23.6 Å². The van der Waals surface area contributed by atoms with E-state index in [9.17, 15) is 4.79 Å². The van der Waals surface area contributed by atoms with Crippen LogP contribution in [0.2, 0.25) is 0 Å². The molecule has 0 unspecified atom stereocenters. The zero-order chi connectivity index (χ0) is 14.7. The highest BCUT2D eigenvalue weighted by Gasteiger charge is 2.35. The van der Waals surface area contributed by atoms with E-state index in [1.807, 2.05) is 24.3 Å². The van der Waals surface area contributed by atoms with E-state index in [-0.39, 0.29) is 30.7 Å². The van der Waals surface area contributed by atoms with Crippen LogP contribution in [0, 0.1) is 0 Å². The lowest BCUT2D eigenvalue weighted by Gasteiger charge is -2.31. The lowest BCUT2D eigenvalue weighted by atomic mass is 9.82. The maximum atomic E-state index is 12.4. The first-order valence-electron chi connectivity index (χ1n) is 7.38. The molecule has 1 aliphatic rings. The molecule has 0 atom stereocenters. The molecule has 23 heavy (non-hydrogen) atoms. The predicted octanol–water partition coefficient (Wildman–Crippen LogP) is 3.52. The number of hydrogen-bond donors (Lipinski definition) is 3. The molecule has 0 saturated heterocycles. The number of nitrogens with zero attached hydrogens (tertiary/aromatic N) is 1. The van der Waals surface area contributed by atoms with E-state index in [1.54, 1.807) is 12.4 Å². The van der Waals surface area contributed by atoms with Gasteiger partial charge in [-0.1, -0.05) is 31.4 Å². The third-order valence-corrected chi connectivity index (χ3v) is 4.09. The number of aromatic amines is 1. The second-order valence-corrected chi connectivity index (χ2v) is 5.69. The van der Waals surface area contributed by atoms with Gasteiger partial charge < -0.3 is 16.0 Å². The molecule has 5 nitrogen and oxygen atoms in total. The van der Waals surface area contributed by atoms with Gasteiger partial charge in [-0.2, -0.15) is 0 Å². The number of carbonyl (C=O) groups excluding carboxylic acids is 1. The lowest BCUT2D eigenvalue weighted by molar-refractivity contribution is -0.122. The van der Waals surface area contributed by atoms with Gasteiger partial charge in [-0.15, -0.1) is 24.8 Å². The molecular formula is C16H22Cl2N4O. The minimum Gasteiger partial charge on any atom is -0.345 e. The zero-order valence-electron chi connectivity index (χ0n) is 12.7. The average Bonchev–Trinajstić information content (AvgIpc) is 3.02. The SMILES string of the molecule is Cl.Cl.NC1(C(=O)Nc2cccc(-c3ncc[nH]3)c2)CCCCC1. The topological polar surface area (TPSA) is 83.8 Å². The minimum absolute atomic E-state index is 0. The maximum absolute atomic E-state index is 12.4. The monoisotopic (exact) mass is 356 g/mol. The third kappa shape index (κ3) is 4.47. The Balaban J connectivity index is 0.00000132. The van der Waals surface area contributed by atoms with Crippen LogP contribution in [0.3, 0.4) is 0 Å². The first-order chi connectivity index (χ1) is 10.2. The number of aromatic nitrogens is 2. The van der Waals surface area contributed by atoms with Gasteiger partial charge in [-0.05, 0) is 25.0 Å². The van der Waals surface area contributed by atoms with E-state index in [4.69, 9.17) is 5.73 Å². The number of rotatable bonds is 3. The Morgan fingerprint density at radius 2 is 1.96 bits per heavy atom. The van der Waals surface area contributed by atoms with Crippen LogP contribution in [-0.2, 0) is 4.79 Å². The normalized spacial score (nSPS) is 15.9. The van der Waals surface area contributed by atoms with Crippen molar-refractivity contribution >= 4 is 36.4 Å². The summed E-state index contributed by atoms with van der Waals surface area (Å²) in [6.45, 7) is 0. The van der Waals surface area contributed by atoms with Crippen molar-refractivity contribution in [2.75, 3.05) is 5.32 Å². The molecule has 4 N–H and O–H groups in total. The second-order valence-electron chi connectivity index (χ2n) is 5.69. The summed E-state index contributed by atoms with van der Waals surface area (Å²) in [6.07, 6.45) is 8.22. The van der Waals surface area contributed by atoms with Crippen LogP contribution in [0.1, 0.15) is 32.1 Å². The van der Waals surface area contributed by atoms with Crippen LogP contribution in [0.15, 0.2) is 36.7 Å². The zero-order valence-corrected chi connectivity index (χ0v) is 14.4. The maximum Gasteiger partial charge on any atom is 0.244 e. The Hall–Kier alpha value is -1.56. The number of H-pyrrole nitrogens is 1. The van der Waals surface area contributed by atoms with Crippen LogP contribution in [0.25, 0.3) is 11.4 Å². The Morgan fingerprint density at radius 1 is 1.22 bits per heavy atom. The van der Waals surface area contributed by atoms with Crippen molar-refractivity contribution in [3.63, 3.8) is 0 Å². The molecule has 0 spiro atoms. The van der Waals surface area contributed by atoms with Crippen LogP contribution in [0.4, 0.5) is 5.69 Å². The van der Waals surface area contributed by atoms with E-state index >= 15 is 0 Å². The molecule has 0 aliphatic heterocycles. The Bertz CT molecular complexity index is 625. The molecule has 1 aliphatic carbocycles. The van der Waals surface area contributed by atoms with Gasteiger partial charge in [0.2, 0.25) is 5.91 Å². The quantitative estimate of drug-likeness (QED) is 0.786. The van der Waals surface area contributed by atoms with Crippen molar-refractivity contribution in [1.82, 2.24) is 9.97 Å². The summed E-state index contributed by atoms with van der Waals surface area (Å²) in [5, 5.41) is 2.95. The summed E-state index contributed by atoms with van der Waals surface area (Å²) in [5.74, 6) is 0.699. The number of carbonyl (C=O) groups is 1. The van der Waals surface area contributed by atoms with Crippen LogP contribution < -0.4 is 11.1 Å². The van der Waals surface area contributed by atoms with Gasteiger partial charge in [0.15, 0.2) is 0 Å². The first-order valence-corrected chi connectivity index (χ1v) is 7.38. The van der Waals surface area contributed by atoms with Gasteiger partial charge in [-0.3, -0.25) is 4.79 Å². The average molecular weight is 357 g/mol. The number of nitrogens with two attached hydrogens (primary N) is 1. The molecule has 0 radical (unpaired) electrons. The molecule has 7 heteroatoms. The summed E-state index contributed by atoms with van der Waals surface area (Å²) in [6, 6.07) is 7.63. The molecule has 1 amide bonds. The summed E-state index contributed by atoms with van der Waals surface area (Å²) in [7, 11) is 0. The fraction of sp³-hybridized carbons (Fsp3) is 0.375. The second kappa shape index (κ2) is 8.34. The summed E-state index contributed by atoms with van der Waals surface area (Å²) in [4.78, 5) is 19.7. The number of imidazole rings is 1. The molecule has 0 bridgehead atoms. The fourth-order valence-electron chi connectivity index (χ4n) is 2.83. The van der Waals surface area contributed by atoms with Crippen molar-refractivity contribution in [3.8, 4) is 11.4 Å². The molecule has 1 saturated carbocycles. The number of amides is 1. The highest BCUT2D eigenvalue weighted by atomic mass is 35.5.